The van der Waals surface area contributed by atoms with Gasteiger partial charge in [0.1, 0.15) is 5.03 Å². The molecule has 0 aliphatic heterocycles. The number of rotatable bonds is 8. The largest absolute Gasteiger partial charge is 0.397 e. The van der Waals surface area contributed by atoms with Crippen LogP contribution >= 0.6 is 11.8 Å². The predicted molar refractivity (Wildman–Crippen MR) is 68.1 cm³/mol. The van der Waals surface area contributed by atoms with Crippen molar-refractivity contribution < 1.29 is 14.6 Å². The van der Waals surface area contributed by atoms with Crippen LogP contribution in [0.2, 0.25) is 0 Å². The molecule has 1 unspecified atom stereocenters. The van der Waals surface area contributed by atoms with E-state index in [1.54, 1.807) is 25.4 Å². The Kier molecular flexibility index (Phi) is 6.95. The molecule has 1 aromatic heterocycles. The quantitative estimate of drug-likeness (QED) is 0.530. The van der Waals surface area contributed by atoms with Crippen LogP contribution in [0.4, 0.5) is 5.69 Å². The highest BCUT2D eigenvalue weighted by Gasteiger charge is 2.07. The molecule has 0 saturated heterocycles. The second-order valence-corrected chi connectivity index (χ2v) is 4.44. The van der Waals surface area contributed by atoms with Crippen molar-refractivity contribution in [3.05, 3.63) is 18.3 Å². The number of nitrogen functional groups attached to an aromatic ring is 1. The second kappa shape index (κ2) is 8.30. The second-order valence-electron chi connectivity index (χ2n) is 3.43. The lowest BCUT2D eigenvalue weighted by molar-refractivity contribution is 0.0218. The van der Waals surface area contributed by atoms with Crippen molar-refractivity contribution in [1.82, 2.24) is 4.98 Å². The first-order valence-corrected chi connectivity index (χ1v) is 6.30. The molecule has 0 aliphatic rings. The van der Waals surface area contributed by atoms with Gasteiger partial charge in [0.2, 0.25) is 0 Å². The van der Waals surface area contributed by atoms with Crippen LogP contribution in [0.5, 0.6) is 0 Å². The fraction of sp³-hybridized carbons (Fsp3) is 0.545. The first kappa shape index (κ1) is 14.2. The van der Waals surface area contributed by atoms with Gasteiger partial charge in [-0.15, -0.1) is 11.8 Å². The van der Waals surface area contributed by atoms with E-state index in [2.05, 4.69) is 4.98 Å². The molecule has 3 N–H and O–H groups in total. The molecule has 96 valence electrons. The average Bonchev–Trinajstić information content (AvgIpc) is 2.34. The van der Waals surface area contributed by atoms with Gasteiger partial charge in [-0.25, -0.2) is 4.98 Å². The van der Waals surface area contributed by atoms with Crippen LogP contribution in [-0.4, -0.2) is 48.9 Å². The predicted octanol–water partition coefficient (Wildman–Crippen LogP) is 0.780. The number of hydrogen-bond donors (Lipinski definition) is 2. The lowest BCUT2D eigenvalue weighted by Gasteiger charge is -2.11. The minimum absolute atomic E-state index is 0.295. The lowest BCUT2D eigenvalue weighted by atomic mass is 10.4. The Morgan fingerprint density at radius 3 is 3.06 bits per heavy atom. The van der Waals surface area contributed by atoms with Gasteiger partial charge in [-0.05, 0) is 12.1 Å². The number of aliphatic hydroxyl groups excluding tert-OH is 1. The number of aromatic nitrogens is 1. The van der Waals surface area contributed by atoms with Crippen LogP contribution in [0.15, 0.2) is 23.4 Å². The van der Waals surface area contributed by atoms with Gasteiger partial charge in [-0.3, -0.25) is 0 Å². The number of pyridine rings is 1. The van der Waals surface area contributed by atoms with Crippen LogP contribution in [-0.2, 0) is 9.47 Å². The molecule has 0 radical (unpaired) electrons. The van der Waals surface area contributed by atoms with Crippen LogP contribution in [0.25, 0.3) is 0 Å². The van der Waals surface area contributed by atoms with E-state index in [1.165, 1.54) is 11.8 Å². The number of ether oxygens (including phenoxy) is 2. The minimum Gasteiger partial charge on any atom is -0.397 e. The summed E-state index contributed by atoms with van der Waals surface area (Å²) in [4.78, 5) is 4.13. The highest BCUT2D eigenvalue weighted by atomic mass is 32.2. The van der Waals surface area contributed by atoms with Crippen molar-refractivity contribution in [1.29, 1.82) is 0 Å². The molecule has 1 heterocycles. The van der Waals surface area contributed by atoms with E-state index in [-0.39, 0.29) is 0 Å². The van der Waals surface area contributed by atoms with E-state index in [0.717, 1.165) is 5.03 Å². The van der Waals surface area contributed by atoms with Gasteiger partial charge in [-0.2, -0.15) is 0 Å². The van der Waals surface area contributed by atoms with Crippen molar-refractivity contribution in [3.63, 3.8) is 0 Å². The maximum absolute atomic E-state index is 9.65. The fourth-order valence-corrected chi connectivity index (χ4v) is 1.93. The van der Waals surface area contributed by atoms with Gasteiger partial charge < -0.3 is 20.3 Å². The van der Waals surface area contributed by atoms with Gasteiger partial charge >= 0.3 is 0 Å². The molecule has 6 heteroatoms. The summed E-state index contributed by atoms with van der Waals surface area (Å²) in [6.07, 6.45) is 1.15. The minimum atomic E-state index is -0.529. The number of anilines is 1. The third-order valence-corrected chi connectivity index (χ3v) is 3.12. The SMILES string of the molecule is COCCOCC(O)CSc1ncccc1N. The summed E-state index contributed by atoms with van der Waals surface area (Å²) in [5.74, 6) is 0.508. The maximum atomic E-state index is 9.65. The summed E-state index contributed by atoms with van der Waals surface area (Å²) in [5, 5.41) is 10.4. The topological polar surface area (TPSA) is 77.6 Å². The standard InChI is InChI=1S/C11H18N2O3S/c1-15-5-6-16-7-9(14)8-17-11-10(12)3-2-4-13-11/h2-4,9,14H,5-8,12H2,1H3. The molecule has 1 atom stereocenters. The third kappa shape index (κ3) is 5.88. The van der Waals surface area contributed by atoms with Crippen molar-refractivity contribution in [3.8, 4) is 0 Å². The number of thioether (sulfide) groups is 1. The summed E-state index contributed by atoms with van der Waals surface area (Å²) in [6.45, 7) is 1.32. The molecule has 0 saturated carbocycles. The van der Waals surface area contributed by atoms with E-state index in [1.807, 2.05) is 0 Å². The number of nitrogens with zero attached hydrogens (tertiary/aromatic N) is 1. The molecule has 0 aromatic carbocycles. The van der Waals surface area contributed by atoms with Gasteiger partial charge in [-0.1, -0.05) is 0 Å². The van der Waals surface area contributed by atoms with Gasteiger partial charge in [0.25, 0.3) is 0 Å². The summed E-state index contributed by atoms with van der Waals surface area (Å²) < 4.78 is 10.0. The molecule has 17 heavy (non-hydrogen) atoms. The van der Waals surface area contributed by atoms with Crippen molar-refractivity contribution in [2.75, 3.05) is 38.4 Å². The average molecular weight is 258 g/mol. The van der Waals surface area contributed by atoms with Gasteiger partial charge in [0, 0.05) is 19.1 Å². The Morgan fingerprint density at radius 1 is 1.53 bits per heavy atom. The number of nitrogens with two attached hydrogens (primary N) is 1. The van der Waals surface area contributed by atoms with Crippen LogP contribution < -0.4 is 5.73 Å². The number of hydrogen-bond acceptors (Lipinski definition) is 6. The Morgan fingerprint density at radius 2 is 2.35 bits per heavy atom. The van der Waals surface area contributed by atoms with Gasteiger partial charge in [0.05, 0.1) is 31.6 Å². The smallest absolute Gasteiger partial charge is 0.119 e. The molecule has 5 nitrogen and oxygen atoms in total. The van der Waals surface area contributed by atoms with E-state index in [9.17, 15) is 5.11 Å². The van der Waals surface area contributed by atoms with Crippen molar-refractivity contribution >= 4 is 17.4 Å². The summed E-state index contributed by atoms with van der Waals surface area (Å²) in [5.41, 5.74) is 6.36. The first-order chi connectivity index (χ1) is 8.24. The normalized spacial score (nSPS) is 12.6. The fourth-order valence-electron chi connectivity index (χ4n) is 1.11. The van der Waals surface area contributed by atoms with E-state index >= 15 is 0 Å². The molecular formula is C11H18N2O3S. The Bertz CT molecular complexity index is 325. The molecular weight excluding hydrogens is 240 g/mol. The molecule has 0 fully saturated rings. The van der Waals surface area contributed by atoms with E-state index in [0.29, 0.717) is 31.3 Å². The Balaban J connectivity index is 2.19. The number of methoxy groups -OCH3 is 1. The first-order valence-electron chi connectivity index (χ1n) is 5.32. The molecule has 0 amide bonds. The number of aliphatic hydroxyl groups is 1. The lowest BCUT2D eigenvalue weighted by Crippen LogP contribution is -2.19. The van der Waals surface area contributed by atoms with Crippen molar-refractivity contribution in [2.45, 2.75) is 11.1 Å². The zero-order valence-corrected chi connectivity index (χ0v) is 10.7. The summed E-state index contributed by atoms with van der Waals surface area (Å²) in [6, 6.07) is 3.57. The summed E-state index contributed by atoms with van der Waals surface area (Å²) >= 11 is 1.42. The summed E-state index contributed by atoms with van der Waals surface area (Å²) in [7, 11) is 1.61. The zero-order chi connectivity index (χ0) is 12.5. The molecule has 1 aromatic rings. The van der Waals surface area contributed by atoms with E-state index in [4.69, 9.17) is 15.2 Å². The highest BCUT2D eigenvalue weighted by Crippen LogP contribution is 2.22. The maximum Gasteiger partial charge on any atom is 0.119 e. The van der Waals surface area contributed by atoms with E-state index < -0.39 is 6.10 Å². The molecule has 0 bridgehead atoms. The van der Waals surface area contributed by atoms with Crippen LogP contribution in [0.3, 0.4) is 0 Å². The van der Waals surface area contributed by atoms with Gasteiger partial charge in [0.15, 0.2) is 0 Å². The van der Waals surface area contributed by atoms with Crippen molar-refractivity contribution in [2.24, 2.45) is 0 Å². The van der Waals surface area contributed by atoms with Crippen LogP contribution in [0.1, 0.15) is 0 Å². The van der Waals surface area contributed by atoms with Crippen LogP contribution in [0, 0.1) is 0 Å². The molecule has 0 aliphatic carbocycles. The monoisotopic (exact) mass is 258 g/mol. The Labute approximate surface area is 105 Å². The zero-order valence-electron chi connectivity index (χ0n) is 9.83. The Hall–Kier alpha value is -0.820. The third-order valence-electron chi connectivity index (χ3n) is 1.96. The molecule has 1 rings (SSSR count). The highest BCUT2D eigenvalue weighted by molar-refractivity contribution is 7.99. The molecule has 0 spiro atoms.